The number of unbranched alkanes of at least 4 members (excludes halogenated alkanes) is 3. The number of rotatable bonds is 9. The van der Waals surface area contributed by atoms with Gasteiger partial charge in [-0.1, -0.05) is 43.9 Å². The van der Waals surface area contributed by atoms with Crippen LogP contribution in [0.2, 0.25) is 0 Å². The number of carbonyl (C=O) groups excluding carboxylic acids is 1. The van der Waals surface area contributed by atoms with Crippen LogP contribution < -0.4 is 9.62 Å². The maximum Gasteiger partial charge on any atom is 0.265 e. The van der Waals surface area contributed by atoms with Gasteiger partial charge in [0.2, 0.25) is 0 Å². The monoisotopic (exact) mass is 392 g/mol. The molecule has 1 aromatic carbocycles. The topological polar surface area (TPSA) is 84.3 Å². The first kappa shape index (κ1) is 21.0. The summed E-state index contributed by atoms with van der Waals surface area (Å²) in [6.07, 6.45) is 5.61. The Morgan fingerprint density at radius 1 is 1.19 bits per heavy atom. The van der Waals surface area contributed by atoms with Crippen molar-refractivity contribution >= 4 is 21.7 Å². The van der Waals surface area contributed by atoms with Gasteiger partial charge in [-0.05, 0) is 25.5 Å². The number of aromatic nitrogens is 2. The van der Waals surface area contributed by atoms with Crippen molar-refractivity contribution < 1.29 is 13.2 Å². The fraction of sp³-hybridized carbons (Fsp3) is 0.474. The quantitative estimate of drug-likeness (QED) is 0.665. The molecule has 1 heterocycles. The molecule has 0 saturated heterocycles. The molecule has 0 saturated carbocycles. The van der Waals surface area contributed by atoms with Gasteiger partial charge in [-0.2, -0.15) is 5.10 Å². The summed E-state index contributed by atoms with van der Waals surface area (Å²) in [6.45, 7) is 4.58. The second kappa shape index (κ2) is 9.03. The fourth-order valence-electron chi connectivity index (χ4n) is 2.80. The summed E-state index contributed by atoms with van der Waals surface area (Å²) in [6, 6.07) is 6.61. The van der Waals surface area contributed by atoms with Crippen LogP contribution in [0.4, 0.5) is 5.82 Å². The van der Waals surface area contributed by atoms with Gasteiger partial charge >= 0.3 is 0 Å². The summed E-state index contributed by atoms with van der Waals surface area (Å²) in [4.78, 5) is 12.7. The smallest absolute Gasteiger partial charge is 0.265 e. The predicted molar refractivity (Wildman–Crippen MR) is 106 cm³/mol. The SMILES string of the molecule is CCCCCCNC(=O)c1cnn(C)c1N(C)S(=O)(=O)c1ccc(C)cc1. The lowest BCUT2D eigenvalue weighted by molar-refractivity contribution is 0.0953. The molecule has 27 heavy (non-hydrogen) atoms. The summed E-state index contributed by atoms with van der Waals surface area (Å²) in [7, 11) is -0.743. The van der Waals surface area contributed by atoms with E-state index in [1.165, 1.54) is 17.9 Å². The van der Waals surface area contributed by atoms with Gasteiger partial charge in [-0.25, -0.2) is 8.42 Å². The second-order valence-corrected chi connectivity index (χ2v) is 8.58. The summed E-state index contributed by atoms with van der Waals surface area (Å²) >= 11 is 0. The molecule has 0 unspecified atom stereocenters. The van der Waals surface area contributed by atoms with Crippen molar-refractivity contribution in [1.82, 2.24) is 15.1 Å². The Kier molecular flexibility index (Phi) is 7.01. The summed E-state index contributed by atoms with van der Waals surface area (Å²) in [5.74, 6) is -0.0813. The van der Waals surface area contributed by atoms with E-state index in [0.29, 0.717) is 6.54 Å². The maximum atomic E-state index is 13.0. The van der Waals surface area contributed by atoms with E-state index in [1.807, 2.05) is 6.92 Å². The average molecular weight is 393 g/mol. The molecule has 2 aromatic rings. The summed E-state index contributed by atoms with van der Waals surface area (Å²) in [5.41, 5.74) is 1.21. The predicted octanol–water partition coefficient (Wildman–Crippen LogP) is 2.86. The van der Waals surface area contributed by atoms with E-state index in [2.05, 4.69) is 17.3 Å². The number of hydrogen-bond acceptors (Lipinski definition) is 4. The van der Waals surface area contributed by atoms with Gasteiger partial charge in [0, 0.05) is 20.6 Å². The van der Waals surface area contributed by atoms with Crippen molar-refractivity contribution in [3.63, 3.8) is 0 Å². The van der Waals surface area contributed by atoms with Crippen LogP contribution in [0.1, 0.15) is 48.5 Å². The number of benzene rings is 1. The highest BCUT2D eigenvalue weighted by Crippen LogP contribution is 2.25. The molecule has 1 amide bonds. The Morgan fingerprint density at radius 2 is 1.85 bits per heavy atom. The van der Waals surface area contributed by atoms with Crippen LogP contribution in [-0.2, 0) is 17.1 Å². The van der Waals surface area contributed by atoms with Crippen LogP contribution in [0.15, 0.2) is 35.4 Å². The molecular weight excluding hydrogens is 364 g/mol. The Balaban J connectivity index is 2.21. The first-order chi connectivity index (χ1) is 12.8. The third kappa shape index (κ3) is 4.88. The Hall–Kier alpha value is -2.35. The van der Waals surface area contributed by atoms with Crippen LogP contribution in [0.25, 0.3) is 0 Å². The van der Waals surface area contributed by atoms with Crippen molar-refractivity contribution in [2.75, 3.05) is 17.9 Å². The first-order valence-corrected chi connectivity index (χ1v) is 10.6. The number of nitrogens with one attached hydrogen (secondary N) is 1. The standard InChI is InChI=1S/C19H28N4O3S/c1-5-6-7-8-13-20-18(24)17-14-21-22(3)19(17)23(4)27(25,26)16-11-9-15(2)10-12-16/h9-12,14H,5-8,13H2,1-4H3,(H,20,24). The molecule has 148 valence electrons. The first-order valence-electron chi connectivity index (χ1n) is 9.14. The molecule has 0 radical (unpaired) electrons. The molecule has 0 spiro atoms. The van der Waals surface area contributed by atoms with Gasteiger partial charge in [0.05, 0.1) is 11.1 Å². The van der Waals surface area contributed by atoms with Crippen LogP contribution in [0.3, 0.4) is 0 Å². The van der Waals surface area contributed by atoms with Crippen molar-refractivity contribution in [3.8, 4) is 0 Å². The summed E-state index contributed by atoms with van der Waals surface area (Å²) < 4.78 is 28.4. The average Bonchev–Trinajstić information content (AvgIpc) is 3.02. The molecule has 0 aliphatic heterocycles. The van der Waals surface area contributed by atoms with Gasteiger partial charge in [-0.3, -0.25) is 13.8 Å². The minimum Gasteiger partial charge on any atom is -0.352 e. The third-order valence-corrected chi connectivity index (χ3v) is 6.21. The zero-order chi connectivity index (χ0) is 20.0. The largest absolute Gasteiger partial charge is 0.352 e. The highest BCUT2D eigenvalue weighted by Gasteiger charge is 2.28. The number of anilines is 1. The molecule has 1 N–H and O–H groups in total. The van der Waals surface area contributed by atoms with Gasteiger partial charge in [-0.15, -0.1) is 0 Å². The molecule has 0 fully saturated rings. The van der Waals surface area contributed by atoms with E-state index in [1.54, 1.807) is 31.3 Å². The van der Waals surface area contributed by atoms with E-state index in [0.717, 1.165) is 35.6 Å². The number of aryl methyl sites for hydroxylation is 2. The van der Waals surface area contributed by atoms with Crippen LogP contribution in [-0.4, -0.2) is 37.7 Å². The Labute approximate surface area is 161 Å². The Morgan fingerprint density at radius 3 is 2.48 bits per heavy atom. The molecule has 8 heteroatoms. The number of hydrogen-bond donors (Lipinski definition) is 1. The van der Waals surface area contributed by atoms with Gasteiger partial charge in [0.25, 0.3) is 15.9 Å². The van der Waals surface area contributed by atoms with Gasteiger partial charge in [0.1, 0.15) is 5.56 Å². The number of sulfonamides is 1. The van der Waals surface area contributed by atoms with Gasteiger partial charge < -0.3 is 5.32 Å². The van der Waals surface area contributed by atoms with E-state index in [-0.39, 0.29) is 22.2 Å². The van der Waals surface area contributed by atoms with E-state index >= 15 is 0 Å². The second-order valence-electron chi connectivity index (χ2n) is 6.61. The van der Waals surface area contributed by atoms with Crippen molar-refractivity contribution in [2.45, 2.75) is 44.4 Å². The van der Waals surface area contributed by atoms with E-state index < -0.39 is 10.0 Å². The zero-order valence-corrected chi connectivity index (χ0v) is 17.2. The van der Waals surface area contributed by atoms with Crippen molar-refractivity contribution in [3.05, 3.63) is 41.6 Å². The molecule has 0 atom stereocenters. The fourth-order valence-corrected chi connectivity index (χ4v) is 4.04. The molecule has 0 aliphatic rings. The normalized spacial score (nSPS) is 11.4. The van der Waals surface area contributed by atoms with Crippen LogP contribution in [0, 0.1) is 6.92 Å². The Bertz CT molecular complexity index is 873. The van der Waals surface area contributed by atoms with Crippen LogP contribution >= 0.6 is 0 Å². The molecule has 2 rings (SSSR count). The third-order valence-electron chi connectivity index (χ3n) is 4.45. The minimum absolute atomic E-state index is 0.169. The lowest BCUT2D eigenvalue weighted by atomic mass is 10.2. The zero-order valence-electron chi connectivity index (χ0n) is 16.4. The van der Waals surface area contributed by atoms with E-state index in [9.17, 15) is 13.2 Å². The molecule has 0 aliphatic carbocycles. The van der Waals surface area contributed by atoms with E-state index in [4.69, 9.17) is 0 Å². The number of nitrogens with zero attached hydrogens (tertiary/aromatic N) is 3. The minimum atomic E-state index is -3.80. The van der Waals surface area contributed by atoms with Crippen molar-refractivity contribution in [1.29, 1.82) is 0 Å². The highest BCUT2D eigenvalue weighted by molar-refractivity contribution is 7.92. The highest BCUT2D eigenvalue weighted by atomic mass is 32.2. The van der Waals surface area contributed by atoms with Gasteiger partial charge in [0.15, 0.2) is 5.82 Å². The number of amides is 1. The number of carbonyl (C=O) groups is 1. The lowest BCUT2D eigenvalue weighted by Crippen LogP contribution is -2.32. The maximum absolute atomic E-state index is 13.0. The molecule has 7 nitrogen and oxygen atoms in total. The van der Waals surface area contributed by atoms with Crippen molar-refractivity contribution in [2.24, 2.45) is 7.05 Å². The molecule has 1 aromatic heterocycles. The summed E-state index contributed by atoms with van der Waals surface area (Å²) in [5, 5.41) is 6.94. The molecular formula is C19H28N4O3S. The lowest BCUT2D eigenvalue weighted by Gasteiger charge is -2.21. The van der Waals surface area contributed by atoms with Crippen LogP contribution in [0.5, 0.6) is 0 Å². The molecule has 0 bridgehead atoms.